The van der Waals surface area contributed by atoms with E-state index in [0.717, 1.165) is 13.1 Å². The van der Waals surface area contributed by atoms with Crippen molar-refractivity contribution in [1.29, 1.82) is 0 Å². The number of esters is 1. The minimum absolute atomic E-state index is 0.210. The molecular formula is C28H42BrN3O7. The first kappa shape index (κ1) is 30.2. The highest BCUT2D eigenvalue weighted by molar-refractivity contribution is 9.09. The van der Waals surface area contributed by atoms with E-state index in [1.807, 2.05) is 6.92 Å². The topological polar surface area (TPSA) is 109 Å². The zero-order chi connectivity index (χ0) is 28.2. The number of fused-ring (bicyclic) bond motifs is 1. The van der Waals surface area contributed by atoms with Crippen LogP contribution < -0.4 is 0 Å². The van der Waals surface area contributed by atoms with Crippen molar-refractivity contribution >= 4 is 33.7 Å². The van der Waals surface area contributed by atoms with Crippen molar-refractivity contribution in [2.24, 2.45) is 11.8 Å². The first-order chi connectivity index (χ1) is 18.8. The number of aliphatic hydroxyl groups excluding tert-OH is 1. The summed E-state index contributed by atoms with van der Waals surface area (Å²) in [5.41, 5.74) is -1.18. The molecule has 4 saturated heterocycles. The van der Waals surface area contributed by atoms with Gasteiger partial charge in [-0.05, 0) is 25.7 Å². The van der Waals surface area contributed by atoms with E-state index >= 15 is 0 Å². The number of amides is 2. The van der Waals surface area contributed by atoms with E-state index in [-0.39, 0.29) is 29.9 Å². The Morgan fingerprint density at radius 1 is 1.31 bits per heavy atom. The van der Waals surface area contributed by atoms with Crippen molar-refractivity contribution in [3.8, 4) is 0 Å². The van der Waals surface area contributed by atoms with Crippen LogP contribution in [0.1, 0.15) is 32.6 Å². The molecule has 4 heterocycles. The third kappa shape index (κ3) is 5.70. The number of hydrogen-bond acceptors (Lipinski definition) is 8. The smallest absolute Gasteiger partial charge is 0.312 e. The molecule has 0 aromatic carbocycles. The van der Waals surface area contributed by atoms with Gasteiger partial charge in [0.05, 0.1) is 50.4 Å². The third-order valence-corrected chi connectivity index (χ3v) is 9.40. The van der Waals surface area contributed by atoms with Gasteiger partial charge < -0.3 is 29.1 Å². The molecule has 2 bridgehead atoms. The van der Waals surface area contributed by atoms with E-state index in [2.05, 4.69) is 34.0 Å². The number of likely N-dealkylation sites (tertiary alicyclic amines) is 1. The van der Waals surface area contributed by atoms with Gasteiger partial charge >= 0.3 is 5.97 Å². The Morgan fingerprint density at radius 2 is 2.05 bits per heavy atom. The van der Waals surface area contributed by atoms with Gasteiger partial charge in [0.1, 0.15) is 11.6 Å². The molecule has 4 fully saturated rings. The summed E-state index contributed by atoms with van der Waals surface area (Å²) < 4.78 is 17.6. The zero-order valence-corrected chi connectivity index (χ0v) is 24.4. The van der Waals surface area contributed by atoms with Gasteiger partial charge in [0.15, 0.2) is 0 Å². The zero-order valence-electron chi connectivity index (χ0n) is 22.8. The number of alkyl halides is 1. The largest absolute Gasteiger partial charge is 0.465 e. The highest BCUT2D eigenvalue weighted by Crippen LogP contribution is 2.60. The van der Waals surface area contributed by atoms with Crippen LogP contribution in [-0.2, 0) is 28.6 Å². The maximum atomic E-state index is 14.4. The number of ether oxygens (including phenoxy) is 3. The van der Waals surface area contributed by atoms with Gasteiger partial charge in [-0.1, -0.05) is 35.0 Å². The molecule has 0 radical (unpaired) electrons. The van der Waals surface area contributed by atoms with Gasteiger partial charge in [-0.3, -0.25) is 19.3 Å². The van der Waals surface area contributed by atoms with Crippen LogP contribution in [-0.4, -0.2) is 125 Å². The minimum Gasteiger partial charge on any atom is -0.465 e. The van der Waals surface area contributed by atoms with Crippen LogP contribution in [0.3, 0.4) is 0 Å². The molecular weight excluding hydrogens is 570 g/mol. The third-order valence-electron chi connectivity index (χ3n) is 8.56. The van der Waals surface area contributed by atoms with Gasteiger partial charge in [0.25, 0.3) is 0 Å². The van der Waals surface area contributed by atoms with Crippen molar-refractivity contribution < 1.29 is 33.7 Å². The van der Waals surface area contributed by atoms with Crippen LogP contribution in [0.2, 0.25) is 0 Å². The van der Waals surface area contributed by atoms with Crippen molar-refractivity contribution in [2.45, 2.75) is 61.2 Å². The number of carbonyl (C=O) groups is 3. The molecule has 0 aromatic heterocycles. The van der Waals surface area contributed by atoms with Crippen molar-refractivity contribution in [3.63, 3.8) is 0 Å². The first-order valence-corrected chi connectivity index (χ1v) is 15.0. The molecule has 7 atom stereocenters. The van der Waals surface area contributed by atoms with Gasteiger partial charge in [-0.15, -0.1) is 13.2 Å². The molecule has 3 unspecified atom stereocenters. The Kier molecular flexibility index (Phi) is 10.3. The number of morpholine rings is 1. The molecule has 1 N–H and O–H groups in total. The maximum absolute atomic E-state index is 14.4. The van der Waals surface area contributed by atoms with Gasteiger partial charge in [-0.2, -0.15) is 0 Å². The Labute approximate surface area is 239 Å². The predicted molar refractivity (Wildman–Crippen MR) is 148 cm³/mol. The summed E-state index contributed by atoms with van der Waals surface area (Å²) >= 11 is 3.68. The lowest BCUT2D eigenvalue weighted by atomic mass is 9.70. The van der Waals surface area contributed by atoms with Crippen LogP contribution in [0.4, 0.5) is 0 Å². The van der Waals surface area contributed by atoms with E-state index in [4.69, 9.17) is 14.2 Å². The van der Waals surface area contributed by atoms with Crippen LogP contribution in [0, 0.1) is 11.8 Å². The second-order valence-electron chi connectivity index (χ2n) is 10.8. The number of halogens is 1. The van der Waals surface area contributed by atoms with E-state index in [0.29, 0.717) is 58.5 Å². The highest BCUT2D eigenvalue weighted by Gasteiger charge is 2.77. The molecule has 1 spiro atoms. The monoisotopic (exact) mass is 611 g/mol. The molecule has 2 amide bonds. The van der Waals surface area contributed by atoms with E-state index in [9.17, 15) is 19.5 Å². The van der Waals surface area contributed by atoms with Crippen LogP contribution >= 0.6 is 15.9 Å². The Bertz CT molecular complexity index is 925. The Hall–Kier alpha value is -1.79. The Morgan fingerprint density at radius 3 is 2.69 bits per heavy atom. The summed E-state index contributed by atoms with van der Waals surface area (Å²) in [5, 5.41) is 10.2. The van der Waals surface area contributed by atoms with Gasteiger partial charge in [-0.25, -0.2) is 0 Å². The summed E-state index contributed by atoms with van der Waals surface area (Å²) in [5.74, 6) is -2.71. The first-order valence-electron chi connectivity index (χ1n) is 14.1. The molecule has 218 valence electrons. The van der Waals surface area contributed by atoms with E-state index in [1.54, 1.807) is 17.1 Å². The standard InChI is InChI=1S/C28H42BrN3O7/c1-4-7-8-14-38-27(36)21-22-25(34)32(19(6-3)18-33)24(28(22)17-20(29)23(21)39-28)26(35)31(9-5-2)11-10-30-12-15-37-16-13-30/h4-5,19-24,33H,1-2,6-18H2,3H3/t19-,20?,21+,22-,23+,24?,28?/m0/s1. The van der Waals surface area contributed by atoms with Crippen LogP contribution in [0.25, 0.3) is 0 Å². The molecule has 4 aliphatic heterocycles. The fourth-order valence-corrected chi connectivity index (χ4v) is 7.57. The van der Waals surface area contributed by atoms with Crippen molar-refractivity contribution in [1.82, 2.24) is 14.7 Å². The number of aliphatic hydroxyl groups is 1. The van der Waals surface area contributed by atoms with Gasteiger partial charge in [0.2, 0.25) is 11.8 Å². The number of rotatable bonds is 14. The lowest BCUT2D eigenvalue weighted by Crippen LogP contribution is -2.59. The second-order valence-corrected chi connectivity index (χ2v) is 12.0. The molecule has 4 rings (SSSR count). The van der Waals surface area contributed by atoms with Crippen molar-refractivity contribution in [3.05, 3.63) is 25.3 Å². The highest BCUT2D eigenvalue weighted by atomic mass is 79.9. The predicted octanol–water partition coefficient (Wildman–Crippen LogP) is 1.36. The van der Waals surface area contributed by atoms with Crippen molar-refractivity contribution in [2.75, 3.05) is 59.2 Å². The number of hydrogen-bond donors (Lipinski definition) is 1. The van der Waals surface area contributed by atoms with Crippen LogP contribution in [0.15, 0.2) is 25.3 Å². The lowest BCUT2D eigenvalue weighted by Gasteiger charge is -2.39. The molecule has 10 nitrogen and oxygen atoms in total. The molecule has 11 heteroatoms. The average Bonchev–Trinajstić information content (AvgIpc) is 3.53. The number of carbonyl (C=O) groups excluding carboxylic acids is 3. The molecule has 0 saturated carbocycles. The fourth-order valence-electron chi connectivity index (χ4n) is 6.63. The number of nitrogens with zero attached hydrogens (tertiary/aromatic N) is 3. The van der Waals surface area contributed by atoms with E-state index < -0.39 is 41.6 Å². The molecule has 39 heavy (non-hydrogen) atoms. The minimum atomic E-state index is -1.18. The summed E-state index contributed by atoms with van der Waals surface area (Å²) in [4.78, 5) is 47.1. The van der Waals surface area contributed by atoms with E-state index in [1.165, 1.54) is 4.90 Å². The second kappa shape index (κ2) is 13.2. The average molecular weight is 613 g/mol. The summed E-state index contributed by atoms with van der Waals surface area (Å²) in [6.07, 6.45) is 5.11. The molecule has 4 aliphatic rings. The molecule has 0 aromatic rings. The maximum Gasteiger partial charge on any atom is 0.312 e. The number of unbranched alkanes of at least 4 members (excludes halogenated alkanes) is 1. The van der Waals surface area contributed by atoms with Crippen LogP contribution in [0.5, 0.6) is 0 Å². The SMILES string of the molecule is C=CCCCOC(=O)[C@H]1[C@@H]2OC3(CC2Br)C(C(=O)N(CC=C)CCN2CCOCC2)N([C@@H](CC)CO)C(=O)[C@H]13. The number of allylic oxidation sites excluding steroid dienone is 1. The Balaban J connectivity index is 1.64. The summed E-state index contributed by atoms with van der Waals surface area (Å²) in [7, 11) is 0. The lowest BCUT2D eigenvalue weighted by molar-refractivity contribution is -0.156. The quantitative estimate of drug-likeness (QED) is 0.136. The fraction of sp³-hybridized carbons (Fsp3) is 0.750. The summed E-state index contributed by atoms with van der Waals surface area (Å²) in [6, 6.07) is -1.53. The molecule has 0 aliphatic carbocycles. The van der Waals surface area contributed by atoms with Gasteiger partial charge in [0, 0.05) is 37.6 Å². The normalized spacial score (nSPS) is 32.6. The summed E-state index contributed by atoms with van der Waals surface area (Å²) in [6.45, 7) is 13.7.